The van der Waals surface area contributed by atoms with Gasteiger partial charge in [-0.1, -0.05) is 29.8 Å². The van der Waals surface area contributed by atoms with E-state index in [4.69, 9.17) is 20.8 Å². The van der Waals surface area contributed by atoms with Crippen LogP contribution in [-0.2, 0) is 0 Å². The highest BCUT2D eigenvalue weighted by atomic mass is 35.5. The van der Waals surface area contributed by atoms with Crippen LogP contribution in [0.15, 0.2) is 76.2 Å². The van der Waals surface area contributed by atoms with Gasteiger partial charge in [-0.2, -0.15) is 0 Å². The molecule has 7 nitrogen and oxygen atoms in total. The smallest absolute Gasteiger partial charge is 0.261 e. The second-order valence-electron chi connectivity index (χ2n) is 7.03. The van der Waals surface area contributed by atoms with E-state index in [9.17, 15) is 9.90 Å². The molecule has 0 radical (unpaired) electrons. The summed E-state index contributed by atoms with van der Waals surface area (Å²) in [5.74, 6) is 0.157. The van der Waals surface area contributed by atoms with E-state index in [0.29, 0.717) is 38.7 Å². The fraction of sp³-hybridized carbons (Fsp3) is 0.0833. The molecule has 8 heteroatoms. The number of carbonyl (C=O) groups is 1. The van der Waals surface area contributed by atoms with E-state index >= 15 is 0 Å². The molecular formula is C24H20ClN3O4. The third kappa shape index (κ3) is 4.53. The third-order valence-corrected chi connectivity index (χ3v) is 5.05. The lowest BCUT2D eigenvalue weighted by molar-refractivity contribution is 0.102. The Hall–Kier alpha value is -3.97. The van der Waals surface area contributed by atoms with Gasteiger partial charge in [-0.3, -0.25) is 10.2 Å². The first-order chi connectivity index (χ1) is 15.4. The molecule has 32 heavy (non-hydrogen) atoms. The molecule has 3 N–H and O–H groups in total. The van der Waals surface area contributed by atoms with Crippen molar-refractivity contribution >= 4 is 39.9 Å². The second-order valence-corrected chi connectivity index (χ2v) is 7.47. The number of phenolic OH excluding ortho intramolecular Hbond substituents is 1. The van der Waals surface area contributed by atoms with Crippen LogP contribution in [0.25, 0.3) is 11.0 Å². The van der Waals surface area contributed by atoms with E-state index in [-0.39, 0.29) is 16.9 Å². The Kier molecular flexibility index (Phi) is 6.00. The first-order valence-corrected chi connectivity index (χ1v) is 10.1. The molecule has 162 valence electrons. The molecule has 0 bridgehead atoms. The van der Waals surface area contributed by atoms with Gasteiger partial charge in [0, 0.05) is 22.2 Å². The maximum atomic E-state index is 13.1. The normalized spacial score (nSPS) is 11.4. The van der Waals surface area contributed by atoms with E-state index in [2.05, 4.69) is 15.8 Å². The lowest BCUT2D eigenvalue weighted by Gasteiger charge is -2.10. The number of benzene rings is 3. The number of fused-ring (bicyclic) bond motifs is 1. The number of hydrogen-bond donors (Lipinski definition) is 3. The van der Waals surface area contributed by atoms with E-state index < -0.39 is 5.91 Å². The summed E-state index contributed by atoms with van der Waals surface area (Å²) in [6, 6.07) is 18.9. The highest BCUT2D eigenvalue weighted by molar-refractivity contribution is 6.30. The van der Waals surface area contributed by atoms with Crippen molar-refractivity contribution in [2.24, 2.45) is 5.10 Å². The predicted molar refractivity (Wildman–Crippen MR) is 124 cm³/mol. The van der Waals surface area contributed by atoms with Gasteiger partial charge in [0.05, 0.1) is 12.8 Å². The lowest BCUT2D eigenvalue weighted by Crippen LogP contribution is -2.22. The number of para-hydroxylation sites is 1. The zero-order valence-electron chi connectivity index (χ0n) is 17.3. The summed E-state index contributed by atoms with van der Waals surface area (Å²) in [4.78, 5) is 13.1. The number of amides is 1. The SMILES string of the molecule is COc1cccc2cc(C(=O)Nc3ccc(C)c(O)c3)/c(=N/Nc3ccc(Cl)cc3)oc12. The van der Waals surface area contributed by atoms with Crippen molar-refractivity contribution in [1.29, 1.82) is 0 Å². The largest absolute Gasteiger partial charge is 0.508 e. The molecule has 0 aliphatic rings. The zero-order chi connectivity index (χ0) is 22.7. The Labute approximate surface area is 188 Å². The number of carbonyl (C=O) groups excluding carboxylic acids is 1. The highest BCUT2D eigenvalue weighted by Crippen LogP contribution is 2.25. The third-order valence-electron chi connectivity index (χ3n) is 4.80. The van der Waals surface area contributed by atoms with Gasteiger partial charge in [-0.15, -0.1) is 5.10 Å². The summed E-state index contributed by atoms with van der Waals surface area (Å²) < 4.78 is 11.4. The molecule has 1 heterocycles. The summed E-state index contributed by atoms with van der Waals surface area (Å²) in [7, 11) is 1.54. The second kappa shape index (κ2) is 9.03. The minimum absolute atomic E-state index is 0.0609. The number of hydrogen-bond acceptors (Lipinski definition) is 6. The zero-order valence-corrected chi connectivity index (χ0v) is 18.1. The fourth-order valence-electron chi connectivity index (χ4n) is 3.06. The average Bonchev–Trinajstić information content (AvgIpc) is 2.80. The first kappa shape index (κ1) is 21.3. The van der Waals surface area contributed by atoms with Gasteiger partial charge in [0.15, 0.2) is 11.3 Å². The topological polar surface area (TPSA) is 96.1 Å². The predicted octanol–water partition coefficient (Wildman–Crippen LogP) is 5.29. The van der Waals surface area contributed by atoms with Crippen LogP contribution in [0.4, 0.5) is 11.4 Å². The van der Waals surface area contributed by atoms with Gasteiger partial charge in [0.1, 0.15) is 11.3 Å². The molecule has 4 aromatic rings. The Bertz CT molecular complexity index is 1360. The van der Waals surface area contributed by atoms with Gasteiger partial charge in [-0.05, 0) is 55.0 Å². The molecule has 0 aliphatic carbocycles. The standard InChI is InChI=1S/C24H20ClN3O4/c1-14-6-9-18(13-20(14)29)26-23(30)19-12-15-4-3-5-21(31-2)22(15)32-24(19)28-27-17-10-7-16(25)8-11-17/h3-13,27,29H,1-2H3,(H,26,30)/b28-24-. The van der Waals surface area contributed by atoms with Crippen LogP contribution in [-0.4, -0.2) is 18.1 Å². The van der Waals surface area contributed by atoms with Gasteiger partial charge in [-0.25, -0.2) is 0 Å². The number of aromatic hydroxyl groups is 1. The van der Waals surface area contributed by atoms with Crippen LogP contribution in [0.5, 0.6) is 11.5 Å². The Morgan fingerprint density at radius 2 is 1.81 bits per heavy atom. The number of rotatable bonds is 5. The number of nitrogens with zero attached hydrogens (tertiary/aromatic N) is 1. The van der Waals surface area contributed by atoms with Crippen LogP contribution < -0.4 is 21.0 Å². The molecule has 0 unspecified atom stereocenters. The van der Waals surface area contributed by atoms with Crippen LogP contribution in [0, 0.1) is 6.92 Å². The molecule has 0 atom stereocenters. The molecule has 0 saturated heterocycles. The number of phenols is 1. The van der Waals surface area contributed by atoms with E-state index in [0.717, 1.165) is 0 Å². The number of anilines is 2. The maximum Gasteiger partial charge on any atom is 0.261 e. The number of ether oxygens (including phenoxy) is 1. The highest BCUT2D eigenvalue weighted by Gasteiger charge is 2.15. The number of nitrogens with one attached hydrogen (secondary N) is 2. The van der Waals surface area contributed by atoms with Crippen molar-refractivity contribution in [3.8, 4) is 11.5 Å². The van der Waals surface area contributed by atoms with Crippen molar-refractivity contribution in [3.05, 3.63) is 88.4 Å². The lowest BCUT2D eigenvalue weighted by atomic mass is 10.1. The summed E-state index contributed by atoms with van der Waals surface area (Å²) in [5.41, 5.74) is 5.41. The summed E-state index contributed by atoms with van der Waals surface area (Å²) >= 11 is 5.93. The minimum atomic E-state index is -0.446. The van der Waals surface area contributed by atoms with Gasteiger partial charge < -0.3 is 19.6 Å². The van der Waals surface area contributed by atoms with E-state index in [1.54, 1.807) is 61.5 Å². The Balaban J connectivity index is 1.78. The summed E-state index contributed by atoms with van der Waals surface area (Å²) in [6.07, 6.45) is 0. The van der Waals surface area contributed by atoms with Gasteiger partial charge in [0.2, 0.25) is 5.55 Å². The quantitative estimate of drug-likeness (QED) is 0.360. The van der Waals surface area contributed by atoms with Crippen LogP contribution in [0.3, 0.4) is 0 Å². The summed E-state index contributed by atoms with van der Waals surface area (Å²) in [6.45, 7) is 1.77. The Morgan fingerprint density at radius 3 is 2.53 bits per heavy atom. The number of methoxy groups -OCH3 is 1. The summed E-state index contributed by atoms with van der Waals surface area (Å²) in [5, 5.41) is 18.3. The maximum absolute atomic E-state index is 13.1. The molecule has 0 fully saturated rings. The first-order valence-electron chi connectivity index (χ1n) is 9.72. The average molecular weight is 450 g/mol. The van der Waals surface area contributed by atoms with Crippen LogP contribution in [0.2, 0.25) is 5.02 Å². The molecular weight excluding hydrogens is 430 g/mol. The molecule has 0 spiro atoms. The molecule has 1 amide bonds. The molecule has 3 aromatic carbocycles. The van der Waals surface area contributed by atoms with Gasteiger partial charge >= 0.3 is 0 Å². The molecule has 4 rings (SSSR count). The monoisotopic (exact) mass is 449 g/mol. The Morgan fingerprint density at radius 1 is 1.06 bits per heavy atom. The molecule has 0 saturated carbocycles. The fourth-order valence-corrected chi connectivity index (χ4v) is 3.18. The van der Waals surface area contributed by atoms with Gasteiger partial charge in [0.25, 0.3) is 5.91 Å². The van der Waals surface area contributed by atoms with E-state index in [1.807, 2.05) is 6.07 Å². The van der Waals surface area contributed by atoms with E-state index in [1.165, 1.54) is 13.2 Å². The number of aryl methyl sites for hydroxylation is 1. The van der Waals surface area contributed by atoms with Crippen LogP contribution >= 0.6 is 11.6 Å². The van der Waals surface area contributed by atoms with Crippen molar-refractivity contribution in [1.82, 2.24) is 0 Å². The molecule has 0 aliphatic heterocycles. The van der Waals surface area contributed by atoms with Crippen molar-refractivity contribution in [3.63, 3.8) is 0 Å². The van der Waals surface area contributed by atoms with Crippen molar-refractivity contribution < 1.29 is 19.1 Å². The van der Waals surface area contributed by atoms with Crippen molar-refractivity contribution in [2.45, 2.75) is 6.92 Å². The minimum Gasteiger partial charge on any atom is -0.508 e. The molecule has 1 aromatic heterocycles. The number of halogens is 1. The van der Waals surface area contributed by atoms with Crippen LogP contribution in [0.1, 0.15) is 15.9 Å². The van der Waals surface area contributed by atoms with Crippen molar-refractivity contribution in [2.75, 3.05) is 17.9 Å².